The highest BCUT2D eigenvalue weighted by atomic mass is 16.5. The van der Waals surface area contributed by atoms with Gasteiger partial charge in [-0.1, -0.05) is 60.7 Å². The van der Waals surface area contributed by atoms with Crippen LogP contribution in [0.3, 0.4) is 0 Å². The van der Waals surface area contributed by atoms with Gasteiger partial charge in [0.15, 0.2) is 0 Å². The molecule has 0 atom stereocenters. The van der Waals surface area contributed by atoms with Crippen LogP contribution in [0.15, 0.2) is 97.2 Å². The summed E-state index contributed by atoms with van der Waals surface area (Å²) in [7, 11) is 0. The van der Waals surface area contributed by atoms with Gasteiger partial charge in [-0.25, -0.2) is 0 Å². The van der Waals surface area contributed by atoms with Gasteiger partial charge in [0.25, 0.3) is 11.8 Å². The third kappa shape index (κ3) is 5.62. The number of hydrogen-bond donors (Lipinski definition) is 2. The summed E-state index contributed by atoms with van der Waals surface area (Å²) in [6.45, 7) is 0.479. The number of ether oxygens (including phenoxy) is 1. The van der Waals surface area contributed by atoms with Crippen LogP contribution in [-0.2, 0) is 6.42 Å². The molecule has 164 valence electrons. The Bertz CT molecular complexity index is 1270. The van der Waals surface area contributed by atoms with Crippen LogP contribution in [0.5, 0.6) is 11.5 Å². The van der Waals surface area contributed by atoms with Crippen molar-refractivity contribution in [2.45, 2.75) is 6.42 Å². The summed E-state index contributed by atoms with van der Waals surface area (Å²) in [6, 6.07) is 28.2. The standard InChI is InChI=1S/C27H23N3O3/c28-26(31)25-18-22(14-16-29-25)33-21-10-6-7-19(17-21)13-15-30-27(32)24-12-5-4-11-23(24)20-8-2-1-3-9-20/h1-12,14,16-18H,13,15H2,(H2,28,31)(H,30,32). The Morgan fingerprint density at radius 1 is 0.848 bits per heavy atom. The maximum absolute atomic E-state index is 12.8. The molecule has 4 rings (SSSR count). The number of carbonyl (C=O) groups excluding carboxylic acids is 2. The molecule has 0 unspecified atom stereocenters. The molecule has 4 aromatic rings. The highest BCUT2D eigenvalue weighted by Gasteiger charge is 2.12. The molecule has 0 saturated carbocycles. The van der Waals surface area contributed by atoms with E-state index in [0.29, 0.717) is 30.0 Å². The van der Waals surface area contributed by atoms with Crippen molar-refractivity contribution in [3.63, 3.8) is 0 Å². The average molecular weight is 437 g/mol. The number of aromatic nitrogens is 1. The molecule has 1 aromatic heterocycles. The number of nitrogens with two attached hydrogens (primary N) is 1. The molecule has 0 fully saturated rings. The molecule has 0 aliphatic carbocycles. The van der Waals surface area contributed by atoms with E-state index in [4.69, 9.17) is 10.5 Å². The lowest BCUT2D eigenvalue weighted by Crippen LogP contribution is -2.26. The zero-order valence-electron chi connectivity index (χ0n) is 17.9. The minimum Gasteiger partial charge on any atom is -0.457 e. The smallest absolute Gasteiger partial charge is 0.267 e. The van der Waals surface area contributed by atoms with Crippen molar-refractivity contribution in [2.75, 3.05) is 6.54 Å². The lowest BCUT2D eigenvalue weighted by atomic mass is 9.99. The second-order valence-corrected chi connectivity index (χ2v) is 7.41. The van der Waals surface area contributed by atoms with E-state index in [9.17, 15) is 9.59 Å². The Morgan fingerprint density at radius 3 is 2.42 bits per heavy atom. The first-order valence-corrected chi connectivity index (χ1v) is 10.6. The highest BCUT2D eigenvalue weighted by molar-refractivity contribution is 6.00. The molecule has 0 spiro atoms. The molecular formula is C27H23N3O3. The van der Waals surface area contributed by atoms with Crippen LogP contribution >= 0.6 is 0 Å². The van der Waals surface area contributed by atoms with E-state index in [-0.39, 0.29) is 11.6 Å². The van der Waals surface area contributed by atoms with Gasteiger partial charge in [0.05, 0.1) is 0 Å². The number of rotatable bonds is 8. The molecular weight excluding hydrogens is 414 g/mol. The molecule has 1 heterocycles. The van der Waals surface area contributed by atoms with Gasteiger partial charge in [-0.2, -0.15) is 0 Å². The Labute approximate surface area is 192 Å². The normalized spacial score (nSPS) is 10.4. The second-order valence-electron chi connectivity index (χ2n) is 7.41. The molecule has 0 aliphatic heterocycles. The number of hydrogen-bond acceptors (Lipinski definition) is 4. The summed E-state index contributed by atoms with van der Waals surface area (Å²) in [5, 5.41) is 3.01. The number of amides is 2. The SMILES string of the molecule is NC(=O)c1cc(Oc2cccc(CCNC(=O)c3ccccc3-c3ccccc3)c2)ccn1. The van der Waals surface area contributed by atoms with Gasteiger partial charge in [0, 0.05) is 24.4 Å². The predicted molar refractivity (Wildman–Crippen MR) is 127 cm³/mol. The molecule has 3 N–H and O–H groups in total. The van der Waals surface area contributed by atoms with Crippen molar-refractivity contribution < 1.29 is 14.3 Å². The first-order valence-electron chi connectivity index (χ1n) is 10.6. The van der Waals surface area contributed by atoms with Gasteiger partial charge in [0.2, 0.25) is 0 Å². The van der Waals surface area contributed by atoms with E-state index in [2.05, 4.69) is 10.3 Å². The first kappa shape index (κ1) is 21.8. The summed E-state index contributed by atoms with van der Waals surface area (Å²) < 4.78 is 5.84. The van der Waals surface area contributed by atoms with Gasteiger partial charge in [-0.15, -0.1) is 0 Å². The topological polar surface area (TPSA) is 94.3 Å². The van der Waals surface area contributed by atoms with E-state index < -0.39 is 5.91 Å². The molecule has 6 heteroatoms. The Morgan fingerprint density at radius 2 is 1.61 bits per heavy atom. The molecule has 0 radical (unpaired) electrons. The largest absolute Gasteiger partial charge is 0.457 e. The monoisotopic (exact) mass is 437 g/mol. The minimum atomic E-state index is -0.612. The van der Waals surface area contributed by atoms with Crippen LogP contribution in [0.1, 0.15) is 26.4 Å². The van der Waals surface area contributed by atoms with Crippen molar-refractivity contribution in [2.24, 2.45) is 5.73 Å². The molecule has 2 amide bonds. The first-order chi connectivity index (χ1) is 16.1. The summed E-state index contributed by atoms with van der Waals surface area (Å²) in [5.74, 6) is 0.369. The number of nitrogens with one attached hydrogen (secondary N) is 1. The van der Waals surface area contributed by atoms with Crippen molar-refractivity contribution in [1.29, 1.82) is 0 Å². The number of pyridine rings is 1. The summed E-state index contributed by atoms with van der Waals surface area (Å²) in [6.07, 6.45) is 2.11. The summed E-state index contributed by atoms with van der Waals surface area (Å²) >= 11 is 0. The molecule has 33 heavy (non-hydrogen) atoms. The van der Waals surface area contributed by atoms with E-state index in [1.165, 1.54) is 12.3 Å². The van der Waals surface area contributed by atoms with Crippen molar-refractivity contribution in [3.05, 3.63) is 114 Å². The summed E-state index contributed by atoms with van der Waals surface area (Å²) in [4.78, 5) is 28.1. The maximum atomic E-state index is 12.8. The second kappa shape index (κ2) is 10.2. The van der Waals surface area contributed by atoms with E-state index in [0.717, 1.165) is 16.7 Å². The van der Waals surface area contributed by atoms with E-state index in [1.54, 1.807) is 6.07 Å². The Balaban J connectivity index is 1.39. The zero-order valence-corrected chi connectivity index (χ0v) is 17.9. The van der Waals surface area contributed by atoms with E-state index >= 15 is 0 Å². The number of carbonyl (C=O) groups is 2. The maximum Gasteiger partial charge on any atom is 0.267 e. The third-order valence-corrected chi connectivity index (χ3v) is 5.07. The number of nitrogens with zero attached hydrogens (tertiary/aromatic N) is 1. The van der Waals surface area contributed by atoms with Gasteiger partial charge >= 0.3 is 0 Å². The van der Waals surface area contributed by atoms with Crippen LogP contribution in [0, 0.1) is 0 Å². The average Bonchev–Trinajstić information content (AvgIpc) is 2.85. The molecule has 0 saturated heterocycles. The lowest BCUT2D eigenvalue weighted by molar-refractivity contribution is 0.0953. The lowest BCUT2D eigenvalue weighted by Gasteiger charge is -2.11. The van der Waals surface area contributed by atoms with Gasteiger partial charge in [-0.3, -0.25) is 14.6 Å². The number of primary amides is 1. The predicted octanol–water partition coefficient (Wildman–Crippen LogP) is 4.61. The molecule has 3 aromatic carbocycles. The van der Waals surface area contributed by atoms with Crippen molar-refractivity contribution >= 4 is 11.8 Å². The Kier molecular flexibility index (Phi) is 6.75. The third-order valence-electron chi connectivity index (χ3n) is 5.07. The quantitative estimate of drug-likeness (QED) is 0.421. The van der Waals surface area contributed by atoms with Crippen molar-refractivity contribution in [1.82, 2.24) is 10.3 Å². The fraction of sp³-hybridized carbons (Fsp3) is 0.0741. The fourth-order valence-corrected chi connectivity index (χ4v) is 3.48. The molecule has 0 aliphatic rings. The minimum absolute atomic E-state index is 0.113. The summed E-state index contributed by atoms with van der Waals surface area (Å²) in [5.41, 5.74) is 8.97. The van der Waals surface area contributed by atoms with Crippen LogP contribution in [0.25, 0.3) is 11.1 Å². The van der Waals surface area contributed by atoms with Crippen LogP contribution < -0.4 is 15.8 Å². The van der Waals surface area contributed by atoms with Crippen LogP contribution in [-0.4, -0.2) is 23.3 Å². The Hall–Kier alpha value is -4.45. The van der Waals surface area contributed by atoms with Crippen LogP contribution in [0.2, 0.25) is 0 Å². The molecule has 0 bridgehead atoms. The molecule has 6 nitrogen and oxygen atoms in total. The van der Waals surface area contributed by atoms with Gasteiger partial charge in [0.1, 0.15) is 17.2 Å². The zero-order chi connectivity index (χ0) is 23.0. The van der Waals surface area contributed by atoms with Gasteiger partial charge in [-0.05, 0) is 47.4 Å². The van der Waals surface area contributed by atoms with Crippen molar-refractivity contribution in [3.8, 4) is 22.6 Å². The van der Waals surface area contributed by atoms with Gasteiger partial charge < -0.3 is 15.8 Å². The fourth-order valence-electron chi connectivity index (χ4n) is 3.48. The van der Waals surface area contributed by atoms with E-state index in [1.807, 2.05) is 78.9 Å². The highest BCUT2D eigenvalue weighted by Crippen LogP contribution is 2.24. The van der Waals surface area contributed by atoms with Crippen LogP contribution in [0.4, 0.5) is 0 Å². The number of benzene rings is 3.